The van der Waals surface area contributed by atoms with E-state index in [-0.39, 0.29) is 11.9 Å². The number of hydrogen-bond donors (Lipinski definition) is 1. The minimum absolute atomic E-state index is 0.156. The number of para-hydroxylation sites is 1. The van der Waals surface area contributed by atoms with E-state index >= 15 is 0 Å². The molecule has 2 nitrogen and oxygen atoms in total. The van der Waals surface area contributed by atoms with E-state index in [9.17, 15) is 4.39 Å². The molecule has 0 aliphatic heterocycles. The minimum atomic E-state index is -0.192. The molecule has 0 aliphatic rings. The second-order valence-electron chi connectivity index (χ2n) is 5.35. The Morgan fingerprint density at radius 2 is 1.86 bits per heavy atom. The van der Waals surface area contributed by atoms with Crippen LogP contribution in [0.5, 0.6) is 0 Å². The molecular weight excluding hydrogens is 263 g/mol. The first-order valence-corrected chi connectivity index (χ1v) is 7.36. The zero-order valence-corrected chi connectivity index (χ0v) is 12.9. The summed E-state index contributed by atoms with van der Waals surface area (Å²) in [6.45, 7) is 7.27. The van der Waals surface area contributed by atoms with Crippen molar-refractivity contribution in [2.75, 3.05) is 18.0 Å². The molecule has 0 saturated heterocycles. The van der Waals surface area contributed by atoms with Crippen molar-refractivity contribution in [3.05, 3.63) is 65.0 Å². The maximum Gasteiger partial charge on any atom is 0.128 e. The quantitative estimate of drug-likeness (QED) is 0.901. The molecule has 0 amide bonds. The third-order valence-corrected chi connectivity index (χ3v) is 3.88. The van der Waals surface area contributed by atoms with Gasteiger partial charge in [0.25, 0.3) is 0 Å². The van der Waals surface area contributed by atoms with E-state index < -0.39 is 0 Å². The van der Waals surface area contributed by atoms with Crippen molar-refractivity contribution in [1.29, 1.82) is 0 Å². The number of nitrogens with zero attached hydrogens (tertiary/aromatic N) is 1. The molecule has 3 heteroatoms. The highest BCUT2D eigenvalue weighted by molar-refractivity contribution is 5.55. The highest BCUT2D eigenvalue weighted by atomic mass is 19.1. The Balaban J connectivity index is 2.48. The summed E-state index contributed by atoms with van der Waals surface area (Å²) < 4.78 is 14.2. The molecule has 112 valence electrons. The van der Waals surface area contributed by atoms with E-state index in [2.05, 4.69) is 30.9 Å². The number of rotatable bonds is 5. The van der Waals surface area contributed by atoms with Crippen LogP contribution >= 0.6 is 0 Å². The van der Waals surface area contributed by atoms with Crippen LogP contribution in [0.3, 0.4) is 0 Å². The summed E-state index contributed by atoms with van der Waals surface area (Å²) in [4.78, 5) is 2.17. The van der Waals surface area contributed by atoms with Crippen molar-refractivity contribution >= 4 is 5.69 Å². The maximum absolute atomic E-state index is 14.2. The number of hydrogen-bond acceptors (Lipinski definition) is 2. The Morgan fingerprint density at radius 1 is 1.14 bits per heavy atom. The Hall–Kier alpha value is -1.87. The molecule has 1 unspecified atom stereocenters. The number of anilines is 1. The Kier molecular flexibility index (Phi) is 4.97. The molecule has 0 bridgehead atoms. The van der Waals surface area contributed by atoms with Gasteiger partial charge in [-0.05, 0) is 38.5 Å². The molecule has 2 N–H and O–H groups in total. The highest BCUT2D eigenvalue weighted by Gasteiger charge is 2.22. The Bertz CT molecular complexity index is 610. The van der Waals surface area contributed by atoms with Crippen molar-refractivity contribution in [2.45, 2.75) is 26.8 Å². The number of likely N-dealkylation sites (N-methyl/N-ethyl adjacent to an activating group) is 1. The summed E-state index contributed by atoms with van der Waals surface area (Å²) in [5, 5.41) is 0. The van der Waals surface area contributed by atoms with Crippen LogP contribution in [0.2, 0.25) is 0 Å². The molecule has 0 fully saturated rings. The van der Waals surface area contributed by atoms with Gasteiger partial charge in [0, 0.05) is 24.3 Å². The van der Waals surface area contributed by atoms with Gasteiger partial charge < -0.3 is 10.6 Å². The molecule has 1 atom stereocenters. The number of halogens is 1. The topological polar surface area (TPSA) is 29.3 Å². The van der Waals surface area contributed by atoms with Gasteiger partial charge in [-0.3, -0.25) is 0 Å². The summed E-state index contributed by atoms with van der Waals surface area (Å²) in [7, 11) is 0. The van der Waals surface area contributed by atoms with E-state index in [1.807, 2.05) is 25.1 Å². The first-order chi connectivity index (χ1) is 10.1. The van der Waals surface area contributed by atoms with Gasteiger partial charge in [-0.25, -0.2) is 4.39 Å². The zero-order valence-electron chi connectivity index (χ0n) is 12.9. The molecule has 2 aromatic rings. The minimum Gasteiger partial charge on any atom is -0.363 e. The number of benzene rings is 2. The van der Waals surface area contributed by atoms with Gasteiger partial charge in [-0.15, -0.1) is 0 Å². The fraction of sp³-hybridized carbons (Fsp3) is 0.333. The van der Waals surface area contributed by atoms with Gasteiger partial charge in [-0.2, -0.15) is 0 Å². The van der Waals surface area contributed by atoms with Crippen LogP contribution in [-0.2, 0) is 0 Å². The van der Waals surface area contributed by atoms with Crippen molar-refractivity contribution in [2.24, 2.45) is 5.73 Å². The average Bonchev–Trinajstić information content (AvgIpc) is 2.48. The van der Waals surface area contributed by atoms with E-state index in [0.29, 0.717) is 12.1 Å². The molecule has 21 heavy (non-hydrogen) atoms. The van der Waals surface area contributed by atoms with Crippen LogP contribution in [0.15, 0.2) is 42.5 Å². The third-order valence-electron chi connectivity index (χ3n) is 3.88. The molecular formula is C18H23FN2. The summed E-state index contributed by atoms with van der Waals surface area (Å²) in [6.07, 6.45) is 0. The number of nitrogens with two attached hydrogens (primary N) is 1. The predicted octanol–water partition coefficient (Wildman–Crippen LogP) is 3.97. The van der Waals surface area contributed by atoms with Gasteiger partial charge in [0.1, 0.15) is 5.82 Å². The normalized spacial score (nSPS) is 12.2. The number of aryl methyl sites for hydroxylation is 2. The molecule has 2 rings (SSSR count). The van der Waals surface area contributed by atoms with Crippen LogP contribution in [-0.4, -0.2) is 13.1 Å². The first-order valence-electron chi connectivity index (χ1n) is 7.36. The SMILES string of the molecule is CCN(c1ccccc1C)C(CN)c1cc(C)ccc1F. The van der Waals surface area contributed by atoms with Crippen LogP contribution in [0.1, 0.15) is 29.7 Å². The van der Waals surface area contributed by atoms with Gasteiger partial charge in [0.2, 0.25) is 0 Å². The lowest BCUT2D eigenvalue weighted by Gasteiger charge is -2.34. The molecule has 0 radical (unpaired) electrons. The van der Waals surface area contributed by atoms with Crippen LogP contribution in [0.25, 0.3) is 0 Å². The van der Waals surface area contributed by atoms with Gasteiger partial charge in [-0.1, -0.05) is 35.9 Å². The molecule has 0 aliphatic carbocycles. The second kappa shape index (κ2) is 6.72. The summed E-state index contributed by atoms with van der Waals surface area (Å²) in [5.74, 6) is -0.192. The van der Waals surface area contributed by atoms with E-state index in [1.165, 1.54) is 11.6 Å². The van der Waals surface area contributed by atoms with Crippen LogP contribution < -0.4 is 10.6 Å². The molecule has 2 aromatic carbocycles. The lowest BCUT2D eigenvalue weighted by molar-refractivity contribution is 0.561. The van der Waals surface area contributed by atoms with E-state index in [1.54, 1.807) is 6.07 Å². The summed E-state index contributed by atoms with van der Waals surface area (Å²) in [5.41, 5.74) is 9.98. The van der Waals surface area contributed by atoms with Gasteiger partial charge in [0.05, 0.1) is 6.04 Å². The van der Waals surface area contributed by atoms with Crippen molar-refractivity contribution in [1.82, 2.24) is 0 Å². The Morgan fingerprint density at radius 3 is 2.48 bits per heavy atom. The van der Waals surface area contributed by atoms with Crippen LogP contribution in [0, 0.1) is 19.7 Å². The van der Waals surface area contributed by atoms with E-state index in [0.717, 1.165) is 17.8 Å². The fourth-order valence-corrected chi connectivity index (χ4v) is 2.78. The van der Waals surface area contributed by atoms with Gasteiger partial charge in [0.15, 0.2) is 0 Å². The molecule has 0 saturated carbocycles. The summed E-state index contributed by atoms with van der Waals surface area (Å²) >= 11 is 0. The molecule has 0 aromatic heterocycles. The lowest BCUT2D eigenvalue weighted by atomic mass is 10.0. The summed E-state index contributed by atoms with van der Waals surface area (Å²) in [6, 6.07) is 13.2. The third kappa shape index (κ3) is 3.24. The monoisotopic (exact) mass is 286 g/mol. The maximum atomic E-state index is 14.2. The van der Waals surface area contributed by atoms with Crippen molar-refractivity contribution in [3.8, 4) is 0 Å². The highest BCUT2D eigenvalue weighted by Crippen LogP contribution is 2.30. The van der Waals surface area contributed by atoms with Gasteiger partial charge >= 0.3 is 0 Å². The predicted molar refractivity (Wildman–Crippen MR) is 87.1 cm³/mol. The first kappa shape index (κ1) is 15.5. The second-order valence-corrected chi connectivity index (χ2v) is 5.35. The van der Waals surface area contributed by atoms with Crippen LogP contribution in [0.4, 0.5) is 10.1 Å². The van der Waals surface area contributed by atoms with Crippen molar-refractivity contribution < 1.29 is 4.39 Å². The standard InChI is InChI=1S/C18H23FN2/c1-4-21(17-8-6-5-7-14(17)3)18(12-20)15-11-13(2)9-10-16(15)19/h5-11,18H,4,12,20H2,1-3H3. The average molecular weight is 286 g/mol. The lowest BCUT2D eigenvalue weighted by Crippen LogP contribution is -2.34. The zero-order chi connectivity index (χ0) is 15.4. The Labute approximate surface area is 126 Å². The van der Waals surface area contributed by atoms with Crippen molar-refractivity contribution in [3.63, 3.8) is 0 Å². The fourth-order valence-electron chi connectivity index (χ4n) is 2.78. The van der Waals surface area contributed by atoms with E-state index in [4.69, 9.17) is 5.73 Å². The molecule has 0 heterocycles. The molecule has 0 spiro atoms. The smallest absolute Gasteiger partial charge is 0.128 e. The largest absolute Gasteiger partial charge is 0.363 e.